The van der Waals surface area contributed by atoms with E-state index in [9.17, 15) is 4.79 Å². The number of nitrogens with one attached hydrogen (secondary N) is 2. The van der Waals surface area contributed by atoms with Crippen LogP contribution in [-0.4, -0.2) is 25.2 Å². The van der Waals surface area contributed by atoms with Crippen molar-refractivity contribution in [2.75, 3.05) is 24.3 Å². The molecule has 0 radical (unpaired) electrons. The lowest BCUT2D eigenvalue weighted by Gasteiger charge is -2.23. The molecule has 0 heterocycles. The monoisotopic (exact) mass is 298 g/mol. The molecule has 1 aromatic carbocycles. The molecule has 1 aromatic rings. The second kappa shape index (κ2) is 7.50. The fourth-order valence-electron chi connectivity index (χ4n) is 1.59. The molecule has 112 valence electrons. The minimum atomic E-state index is -0.173. The number of rotatable bonds is 7. The molecule has 0 fully saturated rings. The van der Waals surface area contributed by atoms with Gasteiger partial charge in [-0.1, -0.05) is 18.5 Å². The molecule has 0 spiro atoms. The average Bonchev–Trinajstić information content (AvgIpc) is 2.42. The van der Waals surface area contributed by atoms with Crippen LogP contribution in [-0.2, 0) is 9.53 Å². The predicted molar refractivity (Wildman–Crippen MR) is 84.6 cm³/mol. The van der Waals surface area contributed by atoms with Crippen molar-refractivity contribution < 1.29 is 9.53 Å². The molecule has 0 aliphatic carbocycles. The summed E-state index contributed by atoms with van der Waals surface area (Å²) in [5, 5.41) is 6.72. The minimum Gasteiger partial charge on any atom is -0.384 e. The summed E-state index contributed by atoms with van der Waals surface area (Å²) in [5.41, 5.74) is 1.38. The van der Waals surface area contributed by atoms with Crippen LogP contribution < -0.4 is 10.6 Å². The third-order valence-electron chi connectivity index (χ3n) is 3.17. The lowest BCUT2D eigenvalue weighted by molar-refractivity contribution is -0.115. The van der Waals surface area contributed by atoms with Gasteiger partial charge in [-0.2, -0.15) is 0 Å². The smallest absolute Gasteiger partial charge is 0.224 e. The molecule has 0 unspecified atom stereocenters. The molecule has 1 rings (SSSR count). The van der Waals surface area contributed by atoms with Crippen LogP contribution in [0.3, 0.4) is 0 Å². The quantitative estimate of drug-likeness (QED) is 0.802. The SMILES string of the molecule is CCC(=O)Nc1ccc(Cl)c(NCCC(C)(C)OC)c1. The van der Waals surface area contributed by atoms with E-state index in [1.165, 1.54) is 0 Å². The third-order valence-corrected chi connectivity index (χ3v) is 3.50. The molecular formula is C15H23ClN2O2. The van der Waals surface area contributed by atoms with Gasteiger partial charge in [-0.05, 0) is 38.5 Å². The van der Waals surface area contributed by atoms with E-state index in [1.54, 1.807) is 19.2 Å². The van der Waals surface area contributed by atoms with E-state index in [4.69, 9.17) is 16.3 Å². The van der Waals surface area contributed by atoms with Gasteiger partial charge in [0, 0.05) is 25.8 Å². The van der Waals surface area contributed by atoms with E-state index in [-0.39, 0.29) is 11.5 Å². The Hall–Kier alpha value is -1.26. The van der Waals surface area contributed by atoms with Crippen molar-refractivity contribution in [3.63, 3.8) is 0 Å². The number of halogens is 1. The van der Waals surface area contributed by atoms with E-state index in [1.807, 2.05) is 26.8 Å². The zero-order valence-electron chi connectivity index (χ0n) is 12.5. The molecule has 0 bridgehead atoms. The Morgan fingerprint density at radius 3 is 2.70 bits per heavy atom. The molecule has 0 aliphatic rings. The van der Waals surface area contributed by atoms with Crippen molar-refractivity contribution in [1.29, 1.82) is 0 Å². The Morgan fingerprint density at radius 1 is 1.40 bits per heavy atom. The number of amides is 1. The van der Waals surface area contributed by atoms with Gasteiger partial charge in [0.15, 0.2) is 0 Å². The van der Waals surface area contributed by atoms with E-state index in [0.717, 1.165) is 24.3 Å². The third kappa shape index (κ3) is 5.39. The fourth-order valence-corrected chi connectivity index (χ4v) is 1.77. The highest BCUT2D eigenvalue weighted by Gasteiger charge is 2.15. The molecule has 0 aliphatic heterocycles. The summed E-state index contributed by atoms with van der Waals surface area (Å²) in [7, 11) is 1.70. The summed E-state index contributed by atoms with van der Waals surface area (Å²) in [6, 6.07) is 5.41. The van der Waals surface area contributed by atoms with Gasteiger partial charge in [0.05, 0.1) is 16.3 Å². The van der Waals surface area contributed by atoms with Gasteiger partial charge in [0.25, 0.3) is 0 Å². The Balaban J connectivity index is 2.65. The lowest BCUT2D eigenvalue weighted by atomic mass is 10.1. The van der Waals surface area contributed by atoms with Crippen LogP contribution in [0.1, 0.15) is 33.6 Å². The average molecular weight is 299 g/mol. The van der Waals surface area contributed by atoms with Crippen molar-refractivity contribution >= 4 is 28.9 Å². The molecule has 0 saturated carbocycles. The number of methoxy groups -OCH3 is 1. The van der Waals surface area contributed by atoms with Crippen LogP contribution in [0.25, 0.3) is 0 Å². The van der Waals surface area contributed by atoms with Crippen LogP contribution in [0.15, 0.2) is 18.2 Å². The Kier molecular flexibility index (Phi) is 6.30. The van der Waals surface area contributed by atoms with E-state index in [2.05, 4.69) is 10.6 Å². The molecule has 0 aromatic heterocycles. The van der Waals surface area contributed by atoms with Gasteiger partial charge in [-0.25, -0.2) is 0 Å². The summed E-state index contributed by atoms with van der Waals surface area (Å²) in [5.74, 6) is -0.0150. The first-order chi connectivity index (χ1) is 9.38. The zero-order chi connectivity index (χ0) is 15.2. The maximum Gasteiger partial charge on any atom is 0.224 e. The van der Waals surface area contributed by atoms with E-state index < -0.39 is 0 Å². The molecule has 5 heteroatoms. The Morgan fingerprint density at radius 2 is 2.10 bits per heavy atom. The van der Waals surface area contributed by atoms with Gasteiger partial charge in [-0.15, -0.1) is 0 Å². The van der Waals surface area contributed by atoms with Crippen molar-refractivity contribution in [2.45, 2.75) is 39.2 Å². The Labute approximate surface area is 125 Å². The minimum absolute atomic E-state index is 0.0150. The van der Waals surface area contributed by atoms with Crippen molar-refractivity contribution in [1.82, 2.24) is 0 Å². The molecule has 0 saturated heterocycles. The van der Waals surface area contributed by atoms with Crippen LogP contribution in [0.2, 0.25) is 5.02 Å². The highest BCUT2D eigenvalue weighted by atomic mass is 35.5. The fraction of sp³-hybridized carbons (Fsp3) is 0.533. The highest BCUT2D eigenvalue weighted by Crippen LogP contribution is 2.26. The number of benzene rings is 1. The maximum absolute atomic E-state index is 11.4. The number of carbonyl (C=O) groups is 1. The molecule has 2 N–H and O–H groups in total. The lowest BCUT2D eigenvalue weighted by Crippen LogP contribution is -2.25. The van der Waals surface area contributed by atoms with Gasteiger partial charge >= 0.3 is 0 Å². The topological polar surface area (TPSA) is 50.4 Å². The summed E-state index contributed by atoms with van der Waals surface area (Å²) in [4.78, 5) is 11.4. The molecule has 20 heavy (non-hydrogen) atoms. The van der Waals surface area contributed by atoms with Gasteiger partial charge in [0.2, 0.25) is 5.91 Å². The normalized spacial score (nSPS) is 11.2. The van der Waals surface area contributed by atoms with E-state index in [0.29, 0.717) is 11.4 Å². The summed E-state index contributed by atoms with van der Waals surface area (Å²) < 4.78 is 5.37. The zero-order valence-corrected chi connectivity index (χ0v) is 13.3. The molecular weight excluding hydrogens is 276 g/mol. The van der Waals surface area contributed by atoms with Crippen LogP contribution in [0, 0.1) is 0 Å². The van der Waals surface area contributed by atoms with Crippen molar-refractivity contribution in [3.05, 3.63) is 23.2 Å². The van der Waals surface area contributed by atoms with Crippen LogP contribution in [0.5, 0.6) is 0 Å². The van der Waals surface area contributed by atoms with Gasteiger partial charge in [0.1, 0.15) is 0 Å². The van der Waals surface area contributed by atoms with Gasteiger partial charge < -0.3 is 15.4 Å². The summed E-state index contributed by atoms with van der Waals surface area (Å²) in [6.07, 6.45) is 1.30. The molecule has 4 nitrogen and oxygen atoms in total. The van der Waals surface area contributed by atoms with Crippen molar-refractivity contribution in [2.24, 2.45) is 0 Å². The second-order valence-electron chi connectivity index (χ2n) is 5.24. The highest BCUT2D eigenvalue weighted by molar-refractivity contribution is 6.33. The largest absolute Gasteiger partial charge is 0.384 e. The molecule has 0 atom stereocenters. The molecule has 1 amide bonds. The standard InChI is InChI=1S/C15H23ClN2O2/c1-5-14(19)18-11-6-7-12(16)13(10-11)17-9-8-15(2,3)20-4/h6-7,10,17H,5,8-9H2,1-4H3,(H,18,19). The van der Waals surface area contributed by atoms with Crippen LogP contribution >= 0.6 is 11.6 Å². The van der Waals surface area contributed by atoms with Crippen LogP contribution in [0.4, 0.5) is 11.4 Å². The number of hydrogen-bond donors (Lipinski definition) is 2. The second-order valence-corrected chi connectivity index (χ2v) is 5.64. The summed E-state index contributed by atoms with van der Waals surface area (Å²) in [6.45, 7) is 6.63. The Bertz CT molecular complexity index is 461. The first-order valence-electron chi connectivity index (χ1n) is 6.76. The predicted octanol–water partition coefficient (Wildman–Crippen LogP) is 3.92. The van der Waals surface area contributed by atoms with Crippen molar-refractivity contribution in [3.8, 4) is 0 Å². The first-order valence-corrected chi connectivity index (χ1v) is 7.14. The van der Waals surface area contributed by atoms with Gasteiger partial charge in [-0.3, -0.25) is 4.79 Å². The number of anilines is 2. The number of hydrogen-bond acceptors (Lipinski definition) is 3. The maximum atomic E-state index is 11.4. The van der Waals surface area contributed by atoms with E-state index >= 15 is 0 Å². The summed E-state index contributed by atoms with van der Waals surface area (Å²) >= 11 is 6.14. The number of ether oxygens (including phenoxy) is 1. The first kappa shape index (κ1) is 16.8. The number of carbonyl (C=O) groups excluding carboxylic acids is 1.